The second-order valence-corrected chi connectivity index (χ2v) is 3.81. The van der Waals surface area contributed by atoms with Crippen LogP contribution in [0.15, 0.2) is 28.9 Å². The molecule has 0 saturated heterocycles. The van der Waals surface area contributed by atoms with Crippen molar-refractivity contribution in [2.45, 2.75) is 6.61 Å². The van der Waals surface area contributed by atoms with Gasteiger partial charge in [-0.15, -0.1) is 0 Å². The lowest BCUT2D eigenvalue weighted by atomic mass is 10.3. The third-order valence-corrected chi connectivity index (χ3v) is 2.37. The van der Waals surface area contributed by atoms with Crippen LogP contribution >= 0.6 is 11.6 Å². The van der Waals surface area contributed by atoms with Crippen LogP contribution in [0.3, 0.4) is 0 Å². The number of halogens is 1. The van der Waals surface area contributed by atoms with E-state index in [9.17, 15) is 4.79 Å². The number of carbonyl (C=O) groups excluding carboxylic acids is 1. The number of nitrogens with one attached hydrogen (secondary N) is 1. The van der Waals surface area contributed by atoms with Gasteiger partial charge in [0.2, 0.25) is 0 Å². The quantitative estimate of drug-likeness (QED) is 0.918. The van der Waals surface area contributed by atoms with E-state index >= 15 is 0 Å². The molecule has 0 bridgehead atoms. The normalized spacial score (nSPS) is 10.3. The fourth-order valence-electron chi connectivity index (χ4n) is 1.28. The minimum atomic E-state index is -0.443. The number of methoxy groups -OCH3 is 1. The van der Waals surface area contributed by atoms with E-state index in [0.717, 1.165) is 0 Å². The van der Waals surface area contributed by atoms with E-state index in [-0.39, 0.29) is 18.1 Å². The summed E-state index contributed by atoms with van der Waals surface area (Å²) in [6.45, 7) is 0.255. The average molecular weight is 268 g/mol. The highest BCUT2D eigenvalue weighted by atomic mass is 35.5. The monoisotopic (exact) mass is 267 g/mol. The molecule has 0 atom stereocenters. The van der Waals surface area contributed by atoms with E-state index < -0.39 is 5.91 Å². The predicted molar refractivity (Wildman–Crippen MR) is 64.4 cm³/mol. The Hall–Kier alpha value is -1.92. The Bertz CT molecular complexity index is 556. The molecule has 0 aliphatic heterocycles. The maximum atomic E-state index is 11.8. The molecule has 0 spiro atoms. The lowest BCUT2D eigenvalue weighted by Gasteiger charge is -2.02. The van der Waals surface area contributed by atoms with E-state index in [1.807, 2.05) is 0 Å². The molecule has 94 valence electrons. The summed E-state index contributed by atoms with van der Waals surface area (Å²) in [5.41, 5.74) is 0.142. The third kappa shape index (κ3) is 2.85. The summed E-state index contributed by atoms with van der Waals surface area (Å²) in [4.78, 5) is 15.8. The van der Waals surface area contributed by atoms with Crippen LogP contribution in [0.2, 0.25) is 5.02 Å². The third-order valence-electron chi connectivity index (χ3n) is 2.07. The second kappa shape index (κ2) is 5.61. The molecule has 0 fully saturated rings. The lowest BCUT2D eigenvalue weighted by Crippen LogP contribution is -2.13. The molecule has 1 N–H and O–H groups in total. The first kappa shape index (κ1) is 12.5. The van der Waals surface area contributed by atoms with Gasteiger partial charge in [-0.25, -0.2) is 4.98 Å². The van der Waals surface area contributed by atoms with Gasteiger partial charge in [0.05, 0.1) is 5.02 Å². The fraction of sp³-hybridized carbons (Fsp3) is 0.182. The molecular formula is C11H10ClN3O3. The van der Waals surface area contributed by atoms with Crippen LogP contribution < -0.4 is 5.32 Å². The number of anilines is 1. The highest BCUT2D eigenvalue weighted by Crippen LogP contribution is 2.18. The van der Waals surface area contributed by atoms with Crippen molar-refractivity contribution in [1.29, 1.82) is 0 Å². The number of carbonyl (C=O) groups is 1. The summed E-state index contributed by atoms with van der Waals surface area (Å²) < 4.78 is 9.76. The van der Waals surface area contributed by atoms with Crippen molar-refractivity contribution in [1.82, 2.24) is 10.1 Å². The minimum absolute atomic E-state index is 0.142. The largest absolute Gasteiger partial charge is 0.377 e. The molecule has 0 saturated carbocycles. The van der Waals surface area contributed by atoms with Crippen LogP contribution in [0, 0.1) is 0 Å². The van der Waals surface area contributed by atoms with Crippen molar-refractivity contribution in [2.75, 3.05) is 12.4 Å². The van der Waals surface area contributed by atoms with Gasteiger partial charge < -0.3 is 14.6 Å². The first-order valence-electron chi connectivity index (χ1n) is 5.07. The Morgan fingerprint density at radius 1 is 1.61 bits per heavy atom. The first-order chi connectivity index (χ1) is 8.70. The number of hydrogen-bond donors (Lipinski definition) is 1. The molecule has 0 aromatic carbocycles. The number of pyridine rings is 1. The zero-order chi connectivity index (χ0) is 13.0. The summed E-state index contributed by atoms with van der Waals surface area (Å²) in [7, 11) is 1.52. The predicted octanol–water partition coefficient (Wildman–Crippen LogP) is 2.12. The van der Waals surface area contributed by atoms with Gasteiger partial charge in [0.1, 0.15) is 6.61 Å². The molecule has 1 amide bonds. The molecular weight excluding hydrogens is 258 g/mol. The molecule has 2 heterocycles. The number of amides is 1. The van der Waals surface area contributed by atoms with Crippen LogP contribution in [0.1, 0.15) is 16.2 Å². The standard InChI is InChI=1S/C11H10ClN3O3/c1-17-6-7-5-9(15-18-7)11(16)14-10-8(12)3-2-4-13-10/h2-5H,6H2,1H3,(H,13,14,16). The summed E-state index contributed by atoms with van der Waals surface area (Å²) in [6.07, 6.45) is 1.53. The Balaban J connectivity index is 2.10. The Kier molecular flexibility index (Phi) is 3.91. The smallest absolute Gasteiger partial charge is 0.279 e. The van der Waals surface area contributed by atoms with Gasteiger partial charge >= 0.3 is 0 Å². The van der Waals surface area contributed by atoms with Crippen molar-refractivity contribution in [3.8, 4) is 0 Å². The SMILES string of the molecule is COCc1cc(C(=O)Nc2ncccc2Cl)no1. The number of hydrogen-bond acceptors (Lipinski definition) is 5. The van der Waals surface area contributed by atoms with E-state index in [4.69, 9.17) is 20.9 Å². The van der Waals surface area contributed by atoms with Crippen LogP contribution in [0.25, 0.3) is 0 Å². The van der Waals surface area contributed by atoms with Crippen molar-refractivity contribution in [3.63, 3.8) is 0 Å². The van der Waals surface area contributed by atoms with E-state index in [1.165, 1.54) is 19.4 Å². The summed E-state index contributed by atoms with van der Waals surface area (Å²) in [5, 5.41) is 6.51. The molecule has 2 aromatic rings. The lowest BCUT2D eigenvalue weighted by molar-refractivity contribution is 0.101. The summed E-state index contributed by atoms with van der Waals surface area (Å²) in [6, 6.07) is 4.80. The van der Waals surface area contributed by atoms with Crippen LogP contribution in [0.4, 0.5) is 5.82 Å². The topological polar surface area (TPSA) is 77.2 Å². The maximum absolute atomic E-state index is 11.8. The molecule has 0 aliphatic carbocycles. The van der Waals surface area contributed by atoms with E-state index in [1.54, 1.807) is 12.1 Å². The molecule has 0 aliphatic rings. The van der Waals surface area contributed by atoms with Gasteiger partial charge in [-0.2, -0.15) is 0 Å². The number of rotatable bonds is 4. The van der Waals surface area contributed by atoms with E-state index in [2.05, 4.69) is 15.5 Å². The Labute approximate surface area is 108 Å². The van der Waals surface area contributed by atoms with Gasteiger partial charge in [0, 0.05) is 19.4 Å². The Morgan fingerprint density at radius 2 is 2.44 bits per heavy atom. The highest BCUT2D eigenvalue weighted by molar-refractivity contribution is 6.33. The Morgan fingerprint density at radius 3 is 3.17 bits per heavy atom. The molecule has 2 aromatic heterocycles. The highest BCUT2D eigenvalue weighted by Gasteiger charge is 2.14. The zero-order valence-electron chi connectivity index (χ0n) is 9.51. The average Bonchev–Trinajstić information content (AvgIpc) is 2.81. The van der Waals surface area contributed by atoms with Gasteiger partial charge in [0.15, 0.2) is 17.3 Å². The van der Waals surface area contributed by atoms with Crippen molar-refractivity contribution >= 4 is 23.3 Å². The van der Waals surface area contributed by atoms with Crippen LogP contribution in [-0.2, 0) is 11.3 Å². The van der Waals surface area contributed by atoms with E-state index in [0.29, 0.717) is 10.8 Å². The molecule has 7 heteroatoms. The van der Waals surface area contributed by atoms with Crippen molar-refractivity contribution in [2.24, 2.45) is 0 Å². The van der Waals surface area contributed by atoms with Gasteiger partial charge in [0.25, 0.3) is 5.91 Å². The second-order valence-electron chi connectivity index (χ2n) is 3.40. The molecule has 18 heavy (non-hydrogen) atoms. The van der Waals surface area contributed by atoms with Crippen LogP contribution in [-0.4, -0.2) is 23.2 Å². The summed E-state index contributed by atoms with van der Waals surface area (Å²) >= 11 is 5.87. The number of aromatic nitrogens is 2. The molecule has 0 unspecified atom stereocenters. The van der Waals surface area contributed by atoms with Gasteiger partial charge in [-0.1, -0.05) is 16.8 Å². The van der Waals surface area contributed by atoms with Crippen molar-refractivity contribution in [3.05, 3.63) is 40.9 Å². The molecule has 2 rings (SSSR count). The molecule has 6 nitrogen and oxygen atoms in total. The van der Waals surface area contributed by atoms with Gasteiger partial charge in [-0.3, -0.25) is 4.79 Å². The fourth-order valence-corrected chi connectivity index (χ4v) is 1.45. The zero-order valence-corrected chi connectivity index (χ0v) is 10.3. The van der Waals surface area contributed by atoms with Crippen molar-refractivity contribution < 1.29 is 14.1 Å². The number of nitrogens with zero attached hydrogens (tertiary/aromatic N) is 2. The maximum Gasteiger partial charge on any atom is 0.279 e. The first-order valence-corrected chi connectivity index (χ1v) is 5.45. The molecule has 0 radical (unpaired) electrons. The summed E-state index contributed by atoms with van der Waals surface area (Å²) in [5.74, 6) is 0.303. The number of ether oxygens (including phenoxy) is 1. The minimum Gasteiger partial charge on any atom is -0.377 e. The van der Waals surface area contributed by atoms with Crippen LogP contribution in [0.5, 0.6) is 0 Å². The van der Waals surface area contributed by atoms with Gasteiger partial charge in [-0.05, 0) is 12.1 Å².